The van der Waals surface area contributed by atoms with E-state index in [1.165, 1.54) is 23.6 Å². The average Bonchev–Trinajstić information content (AvgIpc) is 2.95. The topological polar surface area (TPSA) is 84.2 Å². The van der Waals surface area contributed by atoms with Crippen LogP contribution < -0.4 is 4.72 Å². The highest BCUT2D eigenvalue weighted by molar-refractivity contribution is 7.93. The molecule has 104 valence electrons. The molecular formula is C11H15N3O3S2. The molecule has 0 saturated carbocycles. The minimum atomic E-state index is -3.68. The van der Waals surface area contributed by atoms with Gasteiger partial charge in [0.25, 0.3) is 10.0 Å². The Morgan fingerprint density at radius 2 is 2.26 bits per heavy atom. The van der Waals surface area contributed by atoms with Crippen molar-refractivity contribution in [2.45, 2.75) is 31.4 Å². The second-order valence-electron chi connectivity index (χ2n) is 4.27. The van der Waals surface area contributed by atoms with Crippen molar-refractivity contribution in [2.75, 3.05) is 4.72 Å². The van der Waals surface area contributed by atoms with Gasteiger partial charge in [-0.05, 0) is 25.3 Å². The van der Waals surface area contributed by atoms with Crippen LogP contribution in [-0.4, -0.2) is 23.3 Å². The molecule has 2 aromatic rings. The quantitative estimate of drug-likeness (QED) is 0.882. The summed E-state index contributed by atoms with van der Waals surface area (Å²) in [5.74, 6) is 0. The van der Waals surface area contributed by atoms with E-state index >= 15 is 0 Å². The van der Waals surface area contributed by atoms with Crippen LogP contribution in [0.3, 0.4) is 0 Å². The van der Waals surface area contributed by atoms with E-state index in [2.05, 4.69) is 9.82 Å². The van der Waals surface area contributed by atoms with Gasteiger partial charge in [-0.15, -0.1) is 11.3 Å². The highest BCUT2D eigenvalue weighted by Gasteiger charge is 2.20. The first-order valence-electron chi connectivity index (χ1n) is 5.68. The van der Waals surface area contributed by atoms with Gasteiger partial charge < -0.3 is 5.11 Å². The van der Waals surface area contributed by atoms with Crippen LogP contribution in [0, 0.1) is 0 Å². The molecule has 2 aromatic heterocycles. The first-order valence-corrected chi connectivity index (χ1v) is 8.04. The molecule has 8 heteroatoms. The predicted molar refractivity (Wildman–Crippen MR) is 73.7 cm³/mol. The maximum atomic E-state index is 12.2. The Morgan fingerprint density at radius 1 is 1.53 bits per heavy atom. The number of aliphatic hydroxyl groups is 1. The van der Waals surface area contributed by atoms with Crippen LogP contribution >= 0.6 is 11.3 Å². The monoisotopic (exact) mass is 301 g/mol. The van der Waals surface area contributed by atoms with E-state index < -0.39 is 10.0 Å². The molecule has 0 bridgehead atoms. The highest BCUT2D eigenvalue weighted by Crippen LogP contribution is 2.24. The number of aliphatic hydroxyl groups excluding tert-OH is 1. The molecule has 0 aliphatic rings. The first-order chi connectivity index (χ1) is 8.94. The summed E-state index contributed by atoms with van der Waals surface area (Å²) in [6.45, 7) is 3.61. The Kier molecular flexibility index (Phi) is 3.93. The minimum absolute atomic E-state index is 0.109. The Labute approximate surface area is 115 Å². The van der Waals surface area contributed by atoms with Gasteiger partial charge in [-0.3, -0.25) is 9.40 Å². The molecule has 0 spiro atoms. The van der Waals surface area contributed by atoms with Crippen LogP contribution in [0.4, 0.5) is 5.69 Å². The van der Waals surface area contributed by atoms with Gasteiger partial charge in [-0.2, -0.15) is 5.10 Å². The number of nitrogens with zero attached hydrogens (tertiary/aromatic N) is 2. The van der Waals surface area contributed by atoms with Crippen molar-refractivity contribution < 1.29 is 13.5 Å². The van der Waals surface area contributed by atoms with E-state index in [0.29, 0.717) is 10.6 Å². The fraction of sp³-hybridized carbons (Fsp3) is 0.364. The number of hydrogen-bond acceptors (Lipinski definition) is 5. The molecule has 2 rings (SSSR count). The van der Waals surface area contributed by atoms with Crippen molar-refractivity contribution in [3.63, 3.8) is 0 Å². The van der Waals surface area contributed by atoms with Crippen molar-refractivity contribution in [1.82, 2.24) is 9.78 Å². The summed E-state index contributed by atoms with van der Waals surface area (Å²) in [7, 11) is -3.68. The molecule has 0 aliphatic carbocycles. The molecule has 2 N–H and O–H groups in total. The third-order valence-corrected chi connectivity index (χ3v) is 5.02. The Morgan fingerprint density at radius 3 is 2.84 bits per heavy atom. The lowest BCUT2D eigenvalue weighted by molar-refractivity contribution is 0.282. The van der Waals surface area contributed by atoms with Gasteiger partial charge in [-0.1, -0.05) is 0 Å². The summed E-state index contributed by atoms with van der Waals surface area (Å²) in [5.41, 5.74) is 0.406. The van der Waals surface area contributed by atoms with Crippen molar-refractivity contribution in [3.8, 4) is 0 Å². The Hall–Kier alpha value is -1.38. The maximum absolute atomic E-state index is 12.2. The van der Waals surface area contributed by atoms with E-state index in [1.54, 1.807) is 16.3 Å². The Bertz CT molecular complexity index is 658. The highest BCUT2D eigenvalue weighted by atomic mass is 32.2. The van der Waals surface area contributed by atoms with Crippen molar-refractivity contribution in [3.05, 3.63) is 28.7 Å². The van der Waals surface area contributed by atoms with Crippen molar-refractivity contribution in [2.24, 2.45) is 0 Å². The standard InChI is InChI=1S/C11H15N3O3S2/c1-8(2)14-6-9(5-12-14)13-19(16,17)11-3-4-18-10(11)7-15/h3-6,8,13,15H,7H2,1-2H3. The zero-order valence-electron chi connectivity index (χ0n) is 10.6. The molecule has 0 atom stereocenters. The number of aromatic nitrogens is 2. The van der Waals surface area contributed by atoms with Crippen LogP contribution in [0.25, 0.3) is 0 Å². The molecule has 0 unspecified atom stereocenters. The molecule has 0 aliphatic heterocycles. The lowest BCUT2D eigenvalue weighted by Crippen LogP contribution is -2.13. The summed E-state index contributed by atoms with van der Waals surface area (Å²) in [5, 5.41) is 14.8. The SMILES string of the molecule is CC(C)n1cc(NS(=O)(=O)c2ccsc2CO)cn1. The normalized spacial score (nSPS) is 12.0. The first kappa shape index (κ1) is 14.0. The largest absolute Gasteiger partial charge is 0.391 e. The molecule has 0 aromatic carbocycles. The Balaban J connectivity index is 2.26. The summed E-state index contributed by atoms with van der Waals surface area (Å²) in [4.78, 5) is 0.529. The van der Waals surface area contributed by atoms with E-state index in [0.717, 1.165) is 0 Å². The lowest BCUT2D eigenvalue weighted by atomic mass is 10.4. The average molecular weight is 301 g/mol. The molecule has 0 radical (unpaired) electrons. The minimum Gasteiger partial charge on any atom is -0.391 e. The van der Waals surface area contributed by atoms with Crippen LogP contribution in [0.2, 0.25) is 0 Å². The number of nitrogens with one attached hydrogen (secondary N) is 1. The molecule has 2 heterocycles. The number of hydrogen-bond donors (Lipinski definition) is 2. The van der Waals surface area contributed by atoms with Gasteiger partial charge in [0.2, 0.25) is 0 Å². The van der Waals surface area contributed by atoms with Gasteiger partial charge in [0.15, 0.2) is 0 Å². The van der Waals surface area contributed by atoms with Gasteiger partial charge in [0.1, 0.15) is 4.90 Å². The van der Waals surface area contributed by atoms with E-state index in [4.69, 9.17) is 5.11 Å². The third-order valence-electron chi connectivity index (χ3n) is 2.52. The summed E-state index contributed by atoms with van der Waals surface area (Å²) in [6, 6.07) is 1.64. The molecule has 0 amide bonds. The molecule has 19 heavy (non-hydrogen) atoms. The number of sulfonamides is 1. The smallest absolute Gasteiger partial charge is 0.263 e. The summed E-state index contributed by atoms with van der Waals surface area (Å²) < 4.78 is 28.5. The fourth-order valence-electron chi connectivity index (χ4n) is 1.57. The second-order valence-corrected chi connectivity index (χ2v) is 6.93. The predicted octanol–water partition coefficient (Wildman–Crippen LogP) is 1.82. The number of anilines is 1. The fourth-order valence-corrected chi connectivity index (χ4v) is 3.89. The molecular weight excluding hydrogens is 286 g/mol. The summed E-state index contributed by atoms with van der Waals surface area (Å²) in [6.07, 6.45) is 3.09. The van der Waals surface area contributed by atoms with Gasteiger partial charge in [0.05, 0.1) is 23.4 Å². The zero-order valence-corrected chi connectivity index (χ0v) is 12.2. The second kappa shape index (κ2) is 5.32. The van der Waals surface area contributed by atoms with Crippen LogP contribution in [0.5, 0.6) is 0 Å². The van der Waals surface area contributed by atoms with Crippen molar-refractivity contribution in [1.29, 1.82) is 0 Å². The molecule has 0 fully saturated rings. The maximum Gasteiger partial charge on any atom is 0.263 e. The van der Waals surface area contributed by atoms with E-state index in [1.807, 2.05) is 13.8 Å². The van der Waals surface area contributed by atoms with Gasteiger partial charge in [0, 0.05) is 12.2 Å². The molecule has 6 nitrogen and oxygen atoms in total. The summed E-state index contributed by atoms with van der Waals surface area (Å²) >= 11 is 1.21. The third kappa shape index (κ3) is 2.96. The van der Waals surface area contributed by atoms with Crippen LogP contribution in [-0.2, 0) is 16.6 Å². The van der Waals surface area contributed by atoms with E-state index in [9.17, 15) is 8.42 Å². The number of thiophene rings is 1. The van der Waals surface area contributed by atoms with Crippen molar-refractivity contribution >= 4 is 27.0 Å². The van der Waals surface area contributed by atoms with Crippen LogP contribution in [0.15, 0.2) is 28.7 Å². The van der Waals surface area contributed by atoms with Crippen LogP contribution in [0.1, 0.15) is 24.8 Å². The van der Waals surface area contributed by atoms with Gasteiger partial charge in [-0.25, -0.2) is 8.42 Å². The number of rotatable bonds is 5. The van der Waals surface area contributed by atoms with Gasteiger partial charge >= 0.3 is 0 Å². The zero-order chi connectivity index (χ0) is 14.0. The lowest BCUT2D eigenvalue weighted by Gasteiger charge is -2.06. The molecule has 0 saturated heterocycles. The van der Waals surface area contributed by atoms with E-state index in [-0.39, 0.29) is 17.5 Å².